The zero-order chi connectivity index (χ0) is 6.57. The van der Waals surface area contributed by atoms with E-state index >= 15 is 0 Å². The molecule has 0 aliphatic carbocycles. The Bertz CT molecular complexity index is 86.1. The summed E-state index contributed by atoms with van der Waals surface area (Å²) < 4.78 is 4.42. The van der Waals surface area contributed by atoms with Crippen LogP contribution >= 0.6 is 15.9 Å². The number of hydrogen-bond acceptors (Lipinski definition) is 2. The largest absolute Gasteiger partial charge is 0.543 e. The molecule has 0 heterocycles. The van der Waals surface area contributed by atoms with E-state index in [1.165, 1.54) is 8.05 Å². The summed E-state index contributed by atoms with van der Waals surface area (Å²) in [6, 6.07) is 0. The van der Waals surface area contributed by atoms with Gasteiger partial charge in [-0.2, -0.15) is 0 Å². The van der Waals surface area contributed by atoms with Gasteiger partial charge in [-0.05, 0) is 6.42 Å². The van der Waals surface area contributed by atoms with Gasteiger partial charge in [-0.25, -0.2) is 0 Å². The molecule has 8 heavy (non-hydrogen) atoms. The van der Waals surface area contributed by atoms with Crippen LogP contribution in [-0.4, -0.2) is 18.8 Å². The van der Waals surface area contributed by atoms with Crippen molar-refractivity contribution < 1.29 is 9.45 Å². The van der Waals surface area contributed by atoms with Gasteiger partial charge in [0.25, 0.3) is 0 Å². The van der Waals surface area contributed by atoms with Crippen molar-refractivity contribution in [2.75, 3.05) is 0 Å². The SMILES string of the molecule is BOC(=O)C(Br)CC. The molecule has 0 N–H and O–H groups in total. The standard InChI is InChI=1S/C4H8BBrO2/c1-2-3(6)4(7)8-5/h3H,2,5H2,1H3. The van der Waals surface area contributed by atoms with Crippen LogP contribution in [0.5, 0.6) is 0 Å². The third kappa shape index (κ3) is 2.35. The van der Waals surface area contributed by atoms with Crippen LogP contribution in [0, 0.1) is 0 Å². The van der Waals surface area contributed by atoms with Crippen molar-refractivity contribution in [1.29, 1.82) is 0 Å². The summed E-state index contributed by atoms with van der Waals surface area (Å²) in [4.78, 5) is 10.3. The van der Waals surface area contributed by atoms with Gasteiger partial charge in [-0.1, -0.05) is 22.9 Å². The molecule has 0 aromatic heterocycles. The third-order valence-electron chi connectivity index (χ3n) is 0.815. The van der Waals surface area contributed by atoms with Crippen molar-refractivity contribution in [1.82, 2.24) is 0 Å². The minimum atomic E-state index is -0.201. The molecular weight excluding hydrogens is 171 g/mol. The van der Waals surface area contributed by atoms with Gasteiger partial charge in [0.1, 0.15) is 4.83 Å². The second-order valence-electron chi connectivity index (χ2n) is 1.40. The average molecular weight is 179 g/mol. The van der Waals surface area contributed by atoms with E-state index in [1.54, 1.807) is 0 Å². The zero-order valence-electron chi connectivity index (χ0n) is 4.98. The maximum atomic E-state index is 10.5. The van der Waals surface area contributed by atoms with Crippen molar-refractivity contribution >= 4 is 29.9 Å². The molecule has 4 heteroatoms. The second kappa shape index (κ2) is 3.95. The van der Waals surface area contributed by atoms with Crippen LogP contribution in [0.15, 0.2) is 0 Å². The number of halogens is 1. The summed E-state index contributed by atoms with van der Waals surface area (Å²) >= 11 is 3.13. The van der Waals surface area contributed by atoms with E-state index < -0.39 is 0 Å². The van der Waals surface area contributed by atoms with Crippen LogP contribution < -0.4 is 0 Å². The lowest BCUT2D eigenvalue weighted by Crippen LogP contribution is -2.14. The highest BCUT2D eigenvalue weighted by atomic mass is 79.9. The Hall–Kier alpha value is 0.0149. The average Bonchev–Trinajstić information content (AvgIpc) is 1.84. The Labute approximate surface area is 58.2 Å². The van der Waals surface area contributed by atoms with E-state index in [9.17, 15) is 4.79 Å². The van der Waals surface area contributed by atoms with Crippen LogP contribution in [-0.2, 0) is 9.45 Å². The first-order chi connectivity index (χ1) is 3.72. The first-order valence-electron chi connectivity index (χ1n) is 2.44. The fraction of sp³-hybridized carbons (Fsp3) is 0.750. The fourth-order valence-electron chi connectivity index (χ4n) is 0.295. The van der Waals surface area contributed by atoms with Crippen molar-refractivity contribution in [3.8, 4) is 0 Å². The molecule has 0 aromatic rings. The number of carbonyl (C=O) groups is 1. The maximum absolute atomic E-state index is 10.5. The monoisotopic (exact) mass is 178 g/mol. The number of alkyl halides is 1. The normalized spacial score (nSPS) is 12.8. The van der Waals surface area contributed by atoms with E-state index in [0.717, 1.165) is 6.42 Å². The molecule has 0 spiro atoms. The summed E-state index contributed by atoms with van der Waals surface area (Å²) in [5.41, 5.74) is 0. The predicted molar refractivity (Wildman–Crippen MR) is 37.6 cm³/mol. The molecule has 0 aliphatic heterocycles. The Morgan fingerprint density at radius 1 is 2.00 bits per heavy atom. The van der Waals surface area contributed by atoms with Crippen molar-refractivity contribution in [2.24, 2.45) is 0 Å². The Balaban J connectivity index is 3.46. The molecule has 46 valence electrons. The molecule has 0 amide bonds. The molecule has 0 aliphatic rings. The lowest BCUT2D eigenvalue weighted by atomic mass is 10.3. The highest BCUT2D eigenvalue weighted by Crippen LogP contribution is 2.04. The van der Waals surface area contributed by atoms with Crippen molar-refractivity contribution in [3.63, 3.8) is 0 Å². The molecule has 0 bridgehead atoms. The Morgan fingerprint density at radius 2 is 2.50 bits per heavy atom. The van der Waals surface area contributed by atoms with Crippen molar-refractivity contribution in [2.45, 2.75) is 18.2 Å². The molecule has 2 nitrogen and oxygen atoms in total. The predicted octanol–water partition coefficient (Wildman–Crippen LogP) is 0.251. The number of carbonyl (C=O) groups excluding carboxylic acids is 1. The van der Waals surface area contributed by atoms with Crippen LogP contribution in [0.25, 0.3) is 0 Å². The van der Waals surface area contributed by atoms with E-state index in [-0.39, 0.29) is 10.8 Å². The molecule has 0 saturated heterocycles. The smallest absolute Gasteiger partial charge is 0.326 e. The van der Waals surface area contributed by atoms with E-state index in [1.807, 2.05) is 6.92 Å². The van der Waals surface area contributed by atoms with Crippen LogP contribution in [0.4, 0.5) is 0 Å². The Morgan fingerprint density at radius 3 is 2.62 bits per heavy atom. The summed E-state index contributed by atoms with van der Waals surface area (Å²) in [6.45, 7) is 1.91. The van der Waals surface area contributed by atoms with Gasteiger partial charge in [-0.15, -0.1) is 0 Å². The number of rotatable bonds is 2. The first kappa shape index (κ1) is 8.01. The minimum Gasteiger partial charge on any atom is -0.543 e. The first-order valence-corrected chi connectivity index (χ1v) is 3.35. The highest BCUT2D eigenvalue weighted by molar-refractivity contribution is 9.10. The Kier molecular flexibility index (Phi) is 3.96. The van der Waals surface area contributed by atoms with Gasteiger partial charge in [0.2, 0.25) is 0 Å². The molecule has 0 radical (unpaired) electrons. The van der Waals surface area contributed by atoms with Crippen molar-refractivity contribution in [3.05, 3.63) is 0 Å². The number of hydrogen-bond donors (Lipinski definition) is 0. The van der Waals surface area contributed by atoms with Crippen LogP contribution in [0.3, 0.4) is 0 Å². The van der Waals surface area contributed by atoms with E-state index in [2.05, 4.69) is 20.6 Å². The molecule has 0 aromatic carbocycles. The van der Waals surface area contributed by atoms with Crippen LogP contribution in [0.1, 0.15) is 13.3 Å². The summed E-state index contributed by atoms with van der Waals surface area (Å²) in [5.74, 6) is -0.201. The topological polar surface area (TPSA) is 26.3 Å². The van der Waals surface area contributed by atoms with Gasteiger partial charge < -0.3 is 4.65 Å². The van der Waals surface area contributed by atoms with Gasteiger partial charge in [0.15, 0.2) is 0 Å². The van der Waals surface area contributed by atoms with Gasteiger partial charge in [0.05, 0.1) is 0 Å². The summed E-state index contributed by atoms with van der Waals surface area (Å²) in [7, 11) is 1.38. The molecule has 0 fully saturated rings. The van der Waals surface area contributed by atoms with Gasteiger partial charge in [0, 0.05) is 0 Å². The maximum Gasteiger partial charge on any atom is 0.326 e. The second-order valence-corrected chi connectivity index (χ2v) is 2.50. The lowest BCUT2D eigenvalue weighted by molar-refractivity contribution is -0.133. The highest BCUT2D eigenvalue weighted by Gasteiger charge is 2.09. The molecule has 0 rings (SSSR count). The minimum absolute atomic E-state index is 0.132. The third-order valence-corrected chi connectivity index (χ3v) is 1.84. The zero-order valence-corrected chi connectivity index (χ0v) is 6.56. The molecule has 1 atom stereocenters. The molecule has 0 saturated carbocycles. The van der Waals surface area contributed by atoms with Gasteiger partial charge in [-0.3, -0.25) is 4.79 Å². The fourth-order valence-corrected chi connectivity index (χ4v) is 0.481. The molecule has 1 unspecified atom stereocenters. The van der Waals surface area contributed by atoms with E-state index in [4.69, 9.17) is 0 Å². The van der Waals surface area contributed by atoms with Gasteiger partial charge >= 0.3 is 14.0 Å². The summed E-state index contributed by atoms with van der Waals surface area (Å²) in [6.07, 6.45) is 0.771. The van der Waals surface area contributed by atoms with E-state index in [0.29, 0.717) is 0 Å². The summed E-state index contributed by atoms with van der Waals surface area (Å²) in [5, 5.41) is 0. The molecular formula is C4H8BBrO2. The lowest BCUT2D eigenvalue weighted by Gasteiger charge is -2.01. The van der Waals surface area contributed by atoms with Crippen LogP contribution in [0.2, 0.25) is 0 Å². The quantitative estimate of drug-likeness (QED) is 0.448.